The van der Waals surface area contributed by atoms with Gasteiger partial charge in [0.25, 0.3) is 10.1 Å². The lowest BCUT2D eigenvalue weighted by atomic mass is 10.2. The van der Waals surface area contributed by atoms with Crippen molar-refractivity contribution >= 4 is 21.7 Å². The minimum absolute atomic E-state index is 0.0603. The van der Waals surface area contributed by atoms with E-state index in [1.165, 1.54) is 12.1 Å². The third kappa shape index (κ3) is 36.3. The molecule has 312 valence electrons. The normalized spacial score (nSPS) is 11.9. The molecule has 0 bridgehead atoms. The smallest absolute Gasteiger partial charge is 0.297 e. The van der Waals surface area contributed by atoms with Gasteiger partial charge in [-0.05, 0) is 25.0 Å². The Hall–Kier alpha value is -1.06. The number of unbranched alkanes of at least 4 members (excludes halogenated alkanes) is 3. The highest BCUT2D eigenvalue weighted by molar-refractivity contribution is 7.86. The van der Waals surface area contributed by atoms with E-state index < -0.39 is 10.1 Å². The zero-order chi connectivity index (χ0) is 38.0. The maximum Gasteiger partial charge on any atom is 0.297 e. The van der Waals surface area contributed by atoms with Gasteiger partial charge in [0.15, 0.2) is 0 Å². The fourth-order valence-corrected chi connectivity index (χ4v) is 5.13. The molecule has 1 rings (SSSR count). The Morgan fingerprint density at radius 3 is 0.906 bits per heavy atom. The molecule has 0 aromatic heterocycles. The molecule has 0 unspecified atom stereocenters. The zero-order valence-electron chi connectivity index (χ0n) is 31.5. The van der Waals surface area contributed by atoms with Gasteiger partial charge in [0, 0.05) is 12.5 Å². The van der Waals surface area contributed by atoms with Gasteiger partial charge >= 0.3 is 0 Å². The van der Waals surface area contributed by atoms with Crippen LogP contribution < -0.4 is 0 Å². The monoisotopic (exact) mass is 804 g/mol. The maximum absolute atomic E-state index is 12.0. The van der Waals surface area contributed by atoms with Gasteiger partial charge in [0.1, 0.15) is 0 Å². The maximum atomic E-state index is 12.0. The Bertz CT molecular complexity index is 965. The van der Waals surface area contributed by atoms with Crippen LogP contribution in [0.5, 0.6) is 0 Å². The summed E-state index contributed by atoms with van der Waals surface area (Å²) in [5, 5.41) is 0. The summed E-state index contributed by atoms with van der Waals surface area (Å²) in [4.78, 5) is 0.119. The first-order chi connectivity index (χ1) is 26.2. The molecule has 0 aliphatic carbocycles. The second kappa shape index (κ2) is 40.6. The number of rotatable bonds is 44. The summed E-state index contributed by atoms with van der Waals surface area (Å²) in [6.07, 6.45) is 4.47. The quantitative estimate of drug-likeness (QED) is 0.0538. The number of halogens is 1. The van der Waals surface area contributed by atoms with E-state index in [2.05, 4.69) is 0 Å². The molecule has 17 heteroatoms. The van der Waals surface area contributed by atoms with E-state index in [0.29, 0.717) is 145 Å². The number of ether oxygens (including phenoxy) is 12. The first-order valence-electron chi connectivity index (χ1n) is 18.6. The molecule has 0 saturated carbocycles. The van der Waals surface area contributed by atoms with E-state index >= 15 is 0 Å². The molecule has 0 aliphatic rings. The highest BCUT2D eigenvalue weighted by atomic mass is 35.5. The summed E-state index contributed by atoms with van der Waals surface area (Å²) in [7, 11) is -3.76. The van der Waals surface area contributed by atoms with Crippen LogP contribution in [0.25, 0.3) is 0 Å². The van der Waals surface area contributed by atoms with E-state index in [0.717, 1.165) is 38.2 Å². The van der Waals surface area contributed by atoms with Crippen molar-refractivity contribution in [1.82, 2.24) is 0 Å². The number of hydrogen-bond acceptors (Lipinski definition) is 15. The molecular weight excluding hydrogens is 740 g/mol. The molecule has 0 amide bonds. The minimum Gasteiger partial charge on any atom is -0.379 e. The Kier molecular flexibility index (Phi) is 38.3. The largest absolute Gasteiger partial charge is 0.379 e. The van der Waals surface area contributed by atoms with Crippen LogP contribution in [0.1, 0.15) is 25.7 Å². The fraction of sp³-hybridized carbons (Fsp3) is 0.833. The second-order valence-corrected chi connectivity index (χ2v) is 13.0. The lowest BCUT2D eigenvalue weighted by Gasteiger charge is -2.09. The molecule has 0 saturated heterocycles. The van der Waals surface area contributed by atoms with Crippen molar-refractivity contribution < 1.29 is 69.4 Å². The first kappa shape index (κ1) is 50.0. The van der Waals surface area contributed by atoms with Crippen molar-refractivity contribution in [3.8, 4) is 0 Å². The van der Waals surface area contributed by atoms with E-state index in [9.17, 15) is 8.42 Å². The summed E-state index contributed by atoms with van der Waals surface area (Å²) in [5.74, 6) is 0.737. The van der Waals surface area contributed by atoms with E-state index in [4.69, 9.17) is 72.6 Å². The summed E-state index contributed by atoms with van der Waals surface area (Å²) >= 11 is 5.65. The molecule has 1 aromatic rings. The van der Waals surface area contributed by atoms with Gasteiger partial charge in [0.05, 0.1) is 163 Å². The average molecular weight is 805 g/mol. The van der Waals surface area contributed by atoms with Gasteiger partial charge < -0.3 is 56.8 Å². The van der Waals surface area contributed by atoms with Crippen LogP contribution in [-0.4, -0.2) is 179 Å². The topological polar surface area (TPSA) is 154 Å². The zero-order valence-corrected chi connectivity index (χ0v) is 33.1. The minimum atomic E-state index is -3.76. The van der Waals surface area contributed by atoms with Crippen LogP contribution in [0.15, 0.2) is 35.2 Å². The van der Waals surface area contributed by atoms with Crippen LogP contribution in [0.2, 0.25) is 0 Å². The van der Waals surface area contributed by atoms with Gasteiger partial charge in [-0.25, -0.2) is 0 Å². The Morgan fingerprint density at radius 1 is 0.340 bits per heavy atom. The number of benzene rings is 1. The lowest BCUT2D eigenvalue weighted by molar-refractivity contribution is -0.0285. The highest BCUT2D eigenvalue weighted by Gasteiger charge is 2.13. The summed E-state index contributed by atoms with van der Waals surface area (Å²) in [6, 6.07) is 7.98. The standard InChI is InChI=1S/C36H65ClO15S/c37-10-6-1-2-7-11-40-12-13-41-14-15-42-16-17-43-18-19-44-20-21-45-22-23-46-24-25-47-26-27-48-28-29-49-30-31-50-32-33-51-34-35-52-53(38,39)36-8-4-3-5-9-36/h3-5,8-9H,1-2,6-7,10-35H2. The molecule has 0 N–H and O–H groups in total. The van der Waals surface area contributed by atoms with Gasteiger partial charge in [0.2, 0.25) is 0 Å². The highest BCUT2D eigenvalue weighted by Crippen LogP contribution is 2.10. The lowest BCUT2D eigenvalue weighted by Crippen LogP contribution is -2.16. The third-order valence-electron chi connectivity index (χ3n) is 6.76. The third-order valence-corrected chi connectivity index (χ3v) is 8.36. The molecule has 0 radical (unpaired) electrons. The van der Waals surface area contributed by atoms with Gasteiger partial charge in [-0.2, -0.15) is 8.42 Å². The number of alkyl halides is 1. The van der Waals surface area contributed by atoms with Crippen molar-refractivity contribution in [1.29, 1.82) is 0 Å². The summed E-state index contributed by atoms with van der Waals surface area (Å²) in [5.41, 5.74) is 0. The average Bonchev–Trinajstić information content (AvgIpc) is 3.17. The molecule has 0 atom stereocenters. The molecular formula is C36H65ClO15S. The second-order valence-electron chi connectivity index (χ2n) is 11.0. The molecule has 0 spiro atoms. The molecule has 0 fully saturated rings. The van der Waals surface area contributed by atoms with Crippen molar-refractivity contribution in [2.24, 2.45) is 0 Å². The first-order valence-corrected chi connectivity index (χ1v) is 20.5. The van der Waals surface area contributed by atoms with E-state index in [1.54, 1.807) is 18.2 Å². The van der Waals surface area contributed by atoms with E-state index in [-0.39, 0.29) is 18.1 Å². The molecule has 53 heavy (non-hydrogen) atoms. The molecule has 0 aliphatic heterocycles. The summed E-state index contributed by atoms with van der Waals surface area (Å²) < 4.78 is 94.5. The molecule has 15 nitrogen and oxygen atoms in total. The van der Waals surface area contributed by atoms with Crippen molar-refractivity contribution in [3.05, 3.63) is 30.3 Å². The van der Waals surface area contributed by atoms with Crippen LogP contribution in [0.4, 0.5) is 0 Å². The van der Waals surface area contributed by atoms with Crippen LogP contribution in [0.3, 0.4) is 0 Å². The van der Waals surface area contributed by atoms with Crippen molar-refractivity contribution in [3.63, 3.8) is 0 Å². The van der Waals surface area contributed by atoms with Crippen molar-refractivity contribution in [2.45, 2.75) is 30.6 Å². The van der Waals surface area contributed by atoms with Gasteiger partial charge in [-0.3, -0.25) is 4.18 Å². The van der Waals surface area contributed by atoms with Crippen LogP contribution >= 0.6 is 11.6 Å². The molecule has 0 heterocycles. The fourth-order valence-electron chi connectivity index (χ4n) is 4.03. The molecule has 1 aromatic carbocycles. The van der Waals surface area contributed by atoms with Crippen LogP contribution in [-0.2, 0) is 71.1 Å². The van der Waals surface area contributed by atoms with Gasteiger partial charge in [-0.15, -0.1) is 11.6 Å². The van der Waals surface area contributed by atoms with Gasteiger partial charge in [-0.1, -0.05) is 31.0 Å². The van der Waals surface area contributed by atoms with E-state index in [1.807, 2.05) is 0 Å². The Balaban J connectivity index is 1.64. The number of hydrogen-bond donors (Lipinski definition) is 0. The predicted octanol–water partition coefficient (Wildman–Crippen LogP) is 3.39. The summed E-state index contributed by atoms with van der Waals surface area (Å²) in [6.45, 7) is 11.5. The predicted molar refractivity (Wildman–Crippen MR) is 199 cm³/mol. The van der Waals surface area contributed by atoms with Crippen molar-refractivity contribution in [2.75, 3.05) is 171 Å². The van der Waals surface area contributed by atoms with Crippen LogP contribution in [0, 0.1) is 0 Å². The Morgan fingerprint density at radius 2 is 0.604 bits per heavy atom. The SMILES string of the molecule is O=S(=O)(OCCOCCOCCOCCOCCOCCOCCOCCOCCOCCOCCOCCOCCCCCCCl)c1ccccc1. The Labute approximate surface area is 322 Å².